The molecule has 2 aliphatic heterocycles. The van der Waals surface area contributed by atoms with Crippen molar-refractivity contribution in [1.82, 2.24) is 8.61 Å². The van der Waals surface area contributed by atoms with E-state index in [9.17, 15) is 16.8 Å². The van der Waals surface area contributed by atoms with Crippen LogP contribution in [0, 0.1) is 0 Å². The standard InChI is InChI=1S/C18H19ClN2O6S2/c19-14-1-3-15(4-2-14)28(22,23)20-7-9-21(10-8-20)29(24,25)16-5-6-17-18(13-16)27-12-11-26-17/h1-6,13H,7-12H2. The monoisotopic (exact) mass is 458 g/mol. The first-order valence-corrected chi connectivity index (χ1v) is 12.2. The van der Waals surface area contributed by atoms with Crippen molar-refractivity contribution in [2.45, 2.75) is 9.79 Å². The topological polar surface area (TPSA) is 93.2 Å². The molecule has 11 heteroatoms. The molecule has 1 fully saturated rings. The van der Waals surface area contributed by atoms with Crippen LogP contribution in [0.3, 0.4) is 0 Å². The van der Waals surface area contributed by atoms with E-state index < -0.39 is 20.0 Å². The Bertz CT molecular complexity index is 1110. The highest BCUT2D eigenvalue weighted by Gasteiger charge is 2.34. The Hall–Kier alpha value is -1.85. The van der Waals surface area contributed by atoms with Gasteiger partial charge in [0.25, 0.3) is 0 Å². The van der Waals surface area contributed by atoms with E-state index in [1.807, 2.05) is 0 Å². The van der Waals surface area contributed by atoms with Crippen LogP contribution in [0.2, 0.25) is 5.02 Å². The smallest absolute Gasteiger partial charge is 0.243 e. The Morgan fingerprint density at radius 1 is 0.690 bits per heavy atom. The minimum atomic E-state index is -3.78. The van der Waals surface area contributed by atoms with Gasteiger partial charge >= 0.3 is 0 Å². The van der Waals surface area contributed by atoms with Crippen LogP contribution >= 0.6 is 11.6 Å². The molecule has 2 aliphatic rings. The lowest BCUT2D eigenvalue weighted by Crippen LogP contribution is -2.50. The molecule has 0 spiro atoms. The number of hydrogen-bond donors (Lipinski definition) is 0. The third kappa shape index (κ3) is 3.95. The van der Waals surface area contributed by atoms with Crippen LogP contribution in [0.25, 0.3) is 0 Å². The number of halogens is 1. The number of hydrogen-bond acceptors (Lipinski definition) is 6. The molecule has 0 unspecified atom stereocenters. The van der Waals surface area contributed by atoms with Gasteiger partial charge in [0, 0.05) is 37.3 Å². The Labute approximate surface area is 174 Å². The van der Waals surface area contributed by atoms with Crippen molar-refractivity contribution >= 4 is 31.6 Å². The fourth-order valence-corrected chi connectivity index (χ4v) is 6.23. The summed E-state index contributed by atoms with van der Waals surface area (Å²) in [5.74, 6) is 0.898. The van der Waals surface area contributed by atoms with Crippen molar-refractivity contribution in [1.29, 1.82) is 0 Å². The summed E-state index contributed by atoms with van der Waals surface area (Å²) in [6.07, 6.45) is 0. The Morgan fingerprint density at radius 2 is 1.17 bits per heavy atom. The van der Waals surface area contributed by atoms with Gasteiger partial charge in [-0.25, -0.2) is 16.8 Å². The number of nitrogens with zero attached hydrogens (tertiary/aromatic N) is 2. The molecule has 0 atom stereocenters. The normalized spacial score (nSPS) is 18.5. The van der Waals surface area contributed by atoms with E-state index in [0.29, 0.717) is 29.7 Å². The quantitative estimate of drug-likeness (QED) is 0.693. The Balaban J connectivity index is 1.49. The summed E-state index contributed by atoms with van der Waals surface area (Å²) in [4.78, 5) is 0.223. The molecule has 156 valence electrons. The van der Waals surface area contributed by atoms with E-state index in [0.717, 1.165) is 0 Å². The lowest BCUT2D eigenvalue weighted by molar-refractivity contribution is 0.171. The largest absolute Gasteiger partial charge is 0.486 e. The van der Waals surface area contributed by atoms with Crippen LogP contribution in [0.5, 0.6) is 11.5 Å². The van der Waals surface area contributed by atoms with Crippen molar-refractivity contribution in [3.05, 3.63) is 47.5 Å². The molecule has 8 nitrogen and oxygen atoms in total. The fourth-order valence-electron chi connectivity index (χ4n) is 3.24. The highest BCUT2D eigenvalue weighted by atomic mass is 35.5. The molecule has 1 saturated heterocycles. The molecule has 0 radical (unpaired) electrons. The minimum absolute atomic E-state index is 0.0591. The second-order valence-corrected chi connectivity index (χ2v) is 10.9. The van der Waals surface area contributed by atoms with Crippen LogP contribution in [-0.2, 0) is 20.0 Å². The number of piperazine rings is 1. The van der Waals surface area contributed by atoms with Crippen molar-refractivity contribution in [2.75, 3.05) is 39.4 Å². The summed E-state index contributed by atoms with van der Waals surface area (Å²) < 4.78 is 65.0. The summed E-state index contributed by atoms with van der Waals surface area (Å²) in [7, 11) is -7.48. The van der Waals surface area contributed by atoms with Gasteiger partial charge in [-0.1, -0.05) is 11.6 Å². The molecule has 0 bridgehead atoms. The molecule has 2 aromatic rings. The zero-order chi connectivity index (χ0) is 20.6. The SMILES string of the molecule is O=S(=O)(c1ccc(Cl)cc1)N1CCN(S(=O)(=O)c2ccc3c(c2)OCCO3)CC1. The molecule has 0 amide bonds. The summed E-state index contributed by atoms with van der Waals surface area (Å²) in [6.45, 7) is 1.03. The predicted molar refractivity (Wildman–Crippen MR) is 106 cm³/mol. The summed E-state index contributed by atoms with van der Waals surface area (Å²) in [5, 5.41) is 0.444. The third-order valence-electron chi connectivity index (χ3n) is 4.80. The van der Waals surface area contributed by atoms with Gasteiger partial charge in [0.15, 0.2) is 11.5 Å². The maximum absolute atomic E-state index is 13.0. The Kier molecular flexibility index (Phi) is 5.47. The second kappa shape index (κ2) is 7.77. The Morgan fingerprint density at radius 3 is 1.76 bits per heavy atom. The summed E-state index contributed by atoms with van der Waals surface area (Å²) in [6, 6.07) is 10.4. The summed E-state index contributed by atoms with van der Waals surface area (Å²) >= 11 is 5.82. The van der Waals surface area contributed by atoms with Gasteiger partial charge in [-0.3, -0.25) is 0 Å². The van der Waals surface area contributed by atoms with Gasteiger partial charge in [-0.05, 0) is 36.4 Å². The number of sulfonamides is 2. The van der Waals surface area contributed by atoms with E-state index in [2.05, 4.69) is 0 Å². The first-order valence-electron chi connectivity index (χ1n) is 8.94. The van der Waals surface area contributed by atoms with Crippen LogP contribution in [0.4, 0.5) is 0 Å². The number of fused-ring (bicyclic) bond motifs is 1. The van der Waals surface area contributed by atoms with Crippen LogP contribution in [0.1, 0.15) is 0 Å². The molecule has 29 heavy (non-hydrogen) atoms. The van der Waals surface area contributed by atoms with Gasteiger partial charge in [0.2, 0.25) is 20.0 Å². The van der Waals surface area contributed by atoms with Gasteiger partial charge < -0.3 is 9.47 Å². The molecule has 4 rings (SSSR count). The number of benzene rings is 2. The first-order chi connectivity index (χ1) is 13.8. The zero-order valence-electron chi connectivity index (χ0n) is 15.3. The number of ether oxygens (including phenoxy) is 2. The molecular weight excluding hydrogens is 440 g/mol. The predicted octanol–water partition coefficient (Wildman–Crippen LogP) is 1.81. The highest BCUT2D eigenvalue weighted by Crippen LogP contribution is 2.33. The molecule has 0 aliphatic carbocycles. The van der Waals surface area contributed by atoms with E-state index in [1.54, 1.807) is 6.07 Å². The van der Waals surface area contributed by atoms with Gasteiger partial charge in [-0.2, -0.15) is 8.61 Å². The maximum Gasteiger partial charge on any atom is 0.243 e. The van der Waals surface area contributed by atoms with Crippen LogP contribution in [-0.4, -0.2) is 64.8 Å². The van der Waals surface area contributed by atoms with Crippen LogP contribution in [0.15, 0.2) is 52.3 Å². The van der Waals surface area contributed by atoms with E-state index in [1.165, 1.54) is 45.0 Å². The van der Waals surface area contributed by atoms with E-state index in [-0.39, 0.29) is 36.0 Å². The number of rotatable bonds is 4. The minimum Gasteiger partial charge on any atom is -0.486 e. The van der Waals surface area contributed by atoms with E-state index >= 15 is 0 Å². The second-order valence-electron chi connectivity index (χ2n) is 6.57. The van der Waals surface area contributed by atoms with E-state index in [4.69, 9.17) is 21.1 Å². The first kappa shape index (κ1) is 20.4. The molecular formula is C18H19ClN2O6S2. The third-order valence-corrected chi connectivity index (χ3v) is 8.86. The van der Waals surface area contributed by atoms with Gasteiger partial charge in [0.05, 0.1) is 9.79 Å². The fraction of sp³-hybridized carbons (Fsp3) is 0.333. The van der Waals surface area contributed by atoms with Gasteiger partial charge in [-0.15, -0.1) is 0 Å². The molecule has 2 aromatic carbocycles. The molecule has 2 heterocycles. The average Bonchev–Trinajstić information content (AvgIpc) is 2.74. The molecule has 0 saturated carbocycles. The zero-order valence-corrected chi connectivity index (χ0v) is 17.7. The molecule has 0 N–H and O–H groups in total. The van der Waals surface area contributed by atoms with Crippen molar-refractivity contribution in [3.63, 3.8) is 0 Å². The maximum atomic E-state index is 13.0. The average molecular weight is 459 g/mol. The van der Waals surface area contributed by atoms with Crippen molar-refractivity contribution in [2.24, 2.45) is 0 Å². The summed E-state index contributed by atoms with van der Waals surface area (Å²) in [5.41, 5.74) is 0. The van der Waals surface area contributed by atoms with Crippen molar-refractivity contribution < 1.29 is 26.3 Å². The molecule has 0 aromatic heterocycles. The highest BCUT2D eigenvalue weighted by molar-refractivity contribution is 7.89. The lowest BCUT2D eigenvalue weighted by Gasteiger charge is -2.33. The van der Waals surface area contributed by atoms with Crippen LogP contribution < -0.4 is 9.47 Å². The van der Waals surface area contributed by atoms with Gasteiger partial charge in [0.1, 0.15) is 13.2 Å². The lowest BCUT2D eigenvalue weighted by atomic mass is 10.3. The van der Waals surface area contributed by atoms with Crippen molar-refractivity contribution in [3.8, 4) is 11.5 Å².